The highest BCUT2D eigenvalue weighted by Crippen LogP contribution is 2.24. The maximum absolute atomic E-state index is 12.3. The fourth-order valence-electron chi connectivity index (χ4n) is 2.70. The van der Waals surface area contributed by atoms with Crippen LogP contribution in [0.1, 0.15) is 43.0 Å². The van der Waals surface area contributed by atoms with Crippen LogP contribution in [0.25, 0.3) is 0 Å². The second kappa shape index (κ2) is 6.58. The summed E-state index contributed by atoms with van der Waals surface area (Å²) in [6, 6.07) is 6.29. The second-order valence-corrected chi connectivity index (χ2v) is 7.46. The molecule has 0 spiro atoms. The Bertz CT molecular complexity index is 613. The maximum Gasteiger partial charge on any atom is 0.251 e. The Hall–Kier alpha value is -1.40. The zero-order valence-electron chi connectivity index (χ0n) is 12.4. The van der Waals surface area contributed by atoms with Crippen molar-refractivity contribution in [3.63, 3.8) is 0 Å². The third-order valence-corrected chi connectivity index (χ3v) is 5.52. The first-order valence-corrected chi connectivity index (χ1v) is 8.77. The number of carbonyl (C=O) groups is 1. The highest BCUT2D eigenvalue weighted by molar-refractivity contribution is 7.89. The minimum atomic E-state index is -3.53. The van der Waals surface area contributed by atoms with Gasteiger partial charge in [0.15, 0.2) is 0 Å². The van der Waals surface area contributed by atoms with Crippen molar-refractivity contribution >= 4 is 15.9 Å². The van der Waals surface area contributed by atoms with Gasteiger partial charge in [-0.05, 0) is 44.0 Å². The largest absolute Gasteiger partial charge is 0.349 e. The van der Waals surface area contributed by atoms with E-state index in [0.29, 0.717) is 11.5 Å². The van der Waals surface area contributed by atoms with Crippen molar-refractivity contribution in [3.05, 3.63) is 29.8 Å². The first-order chi connectivity index (χ1) is 9.94. The summed E-state index contributed by atoms with van der Waals surface area (Å²) in [7, 11) is -2.18. The minimum Gasteiger partial charge on any atom is -0.349 e. The quantitative estimate of drug-likeness (QED) is 0.892. The van der Waals surface area contributed by atoms with Gasteiger partial charge < -0.3 is 5.32 Å². The number of rotatable bonds is 4. The molecule has 6 heteroatoms. The van der Waals surface area contributed by atoms with Crippen LogP contribution < -0.4 is 10.0 Å². The average molecular weight is 310 g/mol. The molecule has 1 saturated carbocycles. The molecule has 1 aliphatic rings. The molecule has 1 aliphatic carbocycles. The normalized spacial score (nSPS) is 22.8. The van der Waals surface area contributed by atoms with E-state index in [4.69, 9.17) is 0 Å². The smallest absolute Gasteiger partial charge is 0.251 e. The van der Waals surface area contributed by atoms with E-state index in [0.717, 1.165) is 19.3 Å². The molecule has 1 aromatic carbocycles. The van der Waals surface area contributed by atoms with Gasteiger partial charge in [-0.15, -0.1) is 0 Å². The van der Waals surface area contributed by atoms with Crippen LogP contribution in [0.15, 0.2) is 29.2 Å². The molecular formula is C15H22N2O3S. The van der Waals surface area contributed by atoms with Crippen LogP contribution in [0.4, 0.5) is 0 Å². The van der Waals surface area contributed by atoms with Gasteiger partial charge in [-0.1, -0.05) is 25.8 Å². The molecule has 21 heavy (non-hydrogen) atoms. The zero-order chi connectivity index (χ0) is 15.5. The molecule has 2 rings (SSSR count). The molecule has 0 aliphatic heterocycles. The van der Waals surface area contributed by atoms with E-state index >= 15 is 0 Å². The van der Waals surface area contributed by atoms with Gasteiger partial charge in [0, 0.05) is 11.6 Å². The van der Waals surface area contributed by atoms with Gasteiger partial charge in [0.1, 0.15) is 0 Å². The molecule has 1 aromatic rings. The molecule has 0 heterocycles. The Balaban J connectivity index is 2.14. The van der Waals surface area contributed by atoms with E-state index in [1.54, 1.807) is 12.1 Å². The van der Waals surface area contributed by atoms with Crippen LogP contribution in [0.2, 0.25) is 0 Å². The van der Waals surface area contributed by atoms with Crippen LogP contribution in [0, 0.1) is 5.92 Å². The first-order valence-electron chi connectivity index (χ1n) is 7.28. The summed E-state index contributed by atoms with van der Waals surface area (Å²) < 4.78 is 25.8. The van der Waals surface area contributed by atoms with Crippen molar-refractivity contribution < 1.29 is 13.2 Å². The third kappa shape index (κ3) is 3.83. The average Bonchev–Trinajstić information content (AvgIpc) is 2.49. The van der Waals surface area contributed by atoms with Crippen molar-refractivity contribution in [1.82, 2.24) is 10.0 Å². The molecule has 0 radical (unpaired) electrons. The van der Waals surface area contributed by atoms with E-state index < -0.39 is 10.0 Å². The van der Waals surface area contributed by atoms with Crippen molar-refractivity contribution in [2.45, 2.75) is 43.5 Å². The molecule has 2 N–H and O–H groups in total. The third-order valence-electron chi connectivity index (χ3n) is 4.10. The lowest BCUT2D eigenvalue weighted by atomic mass is 9.86. The molecular weight excluding hydrogens is 288 g/mol. The van der Waals surface area contributed by atoms with Crippen LogP contribution in [-0.4, -0.2) is 27.4 Å². The number of hydrogen-bond donors (Lipinski definition) is 2. The number of benzene rings is 1. The molecule has 5 nitrogen and oxygen atoms in total. The summed E-state index contributed by atoms with van der Waals surface area (Å²) in [6.07, 6.45) is 4.45. The highest BCUT2D eigenvalue weighted by atomic mass is 32.2. The fourth-order valence-corrected chi connectivity index (χ4v) is 3.48. The molecule has 1 fully saturated rings. The Kier molecular flexibility index (Phi) is 5.00. The number of amides is 1. The summed E-state index contributed by atoms with van der Waals surface area (Å²) in [5.41, 5.74) is 0.379. The molecule has 116 valence electrons. The van der Waals surface area contributed by atoms with E-state index in [-0.39, 0.29) is 16.8 Å². The van der Waals surface area contributed by atoms with Gasteiger partial charge in [-0.25, -0.2) is 13.1 Å². The van der Waals surface area contributed by atoms with Crippen molar-refractivity contribution in [3.8, 4) is 0 Å². The lowest BCUT2D eigenvalue weighted by Crippen LogP contribution is -2.41. The Labute approximate surface area is 126 Å². The summed E-state index contributed by atoms with van der Waals surface area (Å²) >= 11 is 0. The van der Waals surface area contributed by atoms with E-state index in [1.165, 1.54) is 25.6 Å². The standard InChI is InChI=1S/C15H22N2O3S/c1-11-6-3-4-9-14(11)17-15(18)12-7-5-8-13(10-12)21(19,20)16-2/h5,7-8,10-11,14,16H,3-4,6,9H2,1-2H3,(H,17,18)/t11-,14+/m0/s1. The van der Waals surface area contributed by atoms with Gasteiger partial charge in [-0.3, -0.25) is 4.79 Å². The van der Waals surface area contributed by atoms with E-state index in [2.05, 4.69) is 17.0 Å². The lowest BCUT2D eigenvalue weighted by molar-refractivity contribution is 0.0910. The van der Waals surface area contributed by atoms with Crippen molar-refractivity contribution in [2.24, 2.45) is 5.92 Å². The van der Waals surface area contributed by atoms with Crippen LogP contribution in [0.3, 0.4) is 0 Å². The molecule has 1 amide bonds. The predicted molar refractivity (Wildman–Crippen MR) is 81.6 cm³/mol. The minimum absolute atomic E-state index is 0.106. The molecule has 0 unspecified atom stereocenters. The van der Waals surface area contributed by atoms with Crippen LogP contribution >= 0.6 is 0 Å². The van der Waals surface area contributed by atoms with Crippen LogP contribution in [-0.2, 0) is 10.0 Å². The van der Waals surface area contributed by atoms with Crippen molar-refractivity contribution in [1.29, 1.82) is 0 Å². The SMILES string of the molecule is CNS(=O)(=O)c1cccc(C(=O)N[C@@H]2CCCC[C@@H]2C)c1. The molecule has 0 saturated heterocycles. The van der Waals surface area contributed by atoms with Gasteiger partial charge in [0.2, 0.25) is 10.0 Å². The van der Waals surface area contributed by atoms with Gasteiger partial charge in [-0.2, -0.15) is 0 Å². The monoisotopic (exact) mass is 310 g/mol. The molecule has 0 bridgehead atoms. The van der Waals surface area contributed by atoms with Gasteiger partial charge >= 0.3 is 0 Å². The maximum atomic E-state index is 12.3. The summed E-state index contributed by atoms with van der Waals surface area (Å²) in [5.74, 6) is 0.258. The van der Waals surface area contributed by atoms with Crippen LogP contribution in [0.5, 0.6) is 0 Å². The van der Waals surface area contributed by atoms with Gasteiger partial charge in [0.05, 0.1) is 4.90 Å². The number of hydrogen-bond acceptors (Lipinski definition) is 3. The Morgan fingerprint density at radius 1 is 1.24 bits per heavy atom. The summed E-state index contributed by atoms with van der Waals surface area (Å²) in [4.78, 5) is 12.4. The van der Waals surface area contributed by atoms with E-state index in [1.807, 2.05) is 0 Å². The highest BCUT2D eigenvalue weighted by Gasteiger charge is 2.23. The second-order valence-electron chi connectivity index (χ2n) is 5.58. The van der Waals surface area contributed by atoms with Gasteiger partial charge in [0.25, 0.3) is 5.91 Å². The Morgan fingerprint density at radius 3 is 2.62 bits per heavy atom. The van der Waals surface area contributed by atoms with E-state index in [9.17, 15) is 13.2 Å². The first kappa shape index (κ1) is 16.0. The predicted octanol–water partition coefficient (Wildman–Crippen LogP) is 1.90. The molecule has 0 aromatic heterocycles. The lowest BCUT2D eigenvalue weighted by Gasteiger charge is -2.29. The zero-order valence-corrected chi connectivity index (χ0v) is 13.2. The summed E-state index contributed by atoms with van der Waals surface area (Å²) in [5, 5.41) is 3.03. The van der Waals surface area contributed by atoms with Crippen molar-refractivity contribution in [2.75, 3.05) is 7.05 Å². The molecule has 2 atom stereocenters. The summed E-state index contributed by atoms with van der Waals surface area (Å²) in [6.45, 7) is 2.14. The topological polar surface area (TPSA) is 75.3 Å². The number of carbonyl (C=O) groups excluding carboxylic acids is 1. The fraction of sp³-hybridized carbons (Fsp3) is 0.533. The Morgan fingerprint density at radius 2 is 1.95 bits per heavy atom. The number of sulfonamides is 1. The number of nitrogens with one attached hydrogen (secondary N) is 2.